The zero-order chi connectivity index (χ0) is 23.4. The lowest BCUT2D eigenvalue weighted by Gasteiger charge is -2.37. The maximum absolute atomic E-state index is 13.2. The number of hydrogen-bond acceptors (Lipinski definition) is 4. The zero-order valence-corrected chi connectivity index (χ0v) is 18.8. The third-order valence-corrected chi connectivity index (χ3v) is 6.49. The van der Waals surface area contributed by atoms with Gasteiger partial charge >= 0.3 is 0 Å². The maximum Gasteiger partial charge on any atom is 0.253 e. The fraction of sp³-hybridized carbons (Fsp3) is 0.440. The first-order chi connectivity index (χ1) is 15.9. The van der Waals surface area contributed by atoms with E-state index in [2.05, 4.69) is 10.3 Å². The molecule has 2 saturated heterocycles. The second kappa shape index (κ2) is 10.1. The number of rotatable bonds is 4. The van der Waals surface area contributed by atoms with Gasteiger partial charge in [-0.3, -0.25) is 14.4 Å². The molecule has 0 spiro atoms. The number of piperidine rings is 2. The molecule has 2 fully saturated rings. The molecule has 1 atom stereocenters. The van der Waals surface area contributed by atoms with Gasteiger partial charge in [0.2, 0.25) is 11.8 Å². The lowest BCUT2D eigenvalue weighted by molar-refractivity contribution is -0.139. The minimum absolute atomic E-state index is 0.0471. The molecule has 4 rings (SSSR count). The Balaban J connectivity index is 1.29. The Morgan fingerprint density at radius 3 is 2.39 bits per heavy atom. The molecule has 3 amide bonds. The van der Waals surface area contributed by atoms with Crippen molar-refractivity contribution >= 4 is 23.5 Å². The number of amides is 3. The molecule has 3 heterocycles. The molecule has 1 unspecified atom stereocenters. The van der Waals surface area contributed by atoms with Crippen molar-refractivity contribution in [2.45, 2.75) is 32.6 Å². The number of nitrogens with zero attached hydrogens (tertiary/aromatic N) is 3. The molecular formula is C25H29FN4O3. The van der Waals surface area contributed by atoms with Crippen LogP contribution in [0.3, 0.4) is 0 Å². The molecule has 0 bridgehead atoms. The number of carbonyl (C=O) groups is 3. The summed E-state index contributed by atoms with van der Waals surface area (Å²) in [7, 11) is 0. The summed E-state index contributed by atoms with van der Waals surface area (Å²) in [5.41, 5.74) is 1.46. The van der Waals surface area contributed by atoms with Crippen LogP contribution >= 0.6 is 0 Å². The Kier molecular flexibility index (Phi) is 7.01. The third-order valence-electron chi connectivity index (χ3n) is 6.49. The minimum atomic E-state index is -0.384. The molecule has 8 heteroatoms. The molecule has 2 aliphatic heterocycles. The van der Waals surface area contributed by atoms with E-state index >= 15 is 0 Å². The van der Waals surface area contributed by atoms with Crippen molar-refractivity contribution in [3.05, 3.63) is 59.5 Å². The van der Waals surface area contributed by atoms with Gasteiger partial charge in [-0.1, -0.05) is 0 Å². The summed E-state index contributed by atoms with van der Waals surface area (Å²) < 4.78 is 13.2. The number of likely N-dealkylation sites (tertiary alicyclic amines) is 2. The number of halogens is 1. The highest BCUT2D eigenvalue weighted by Crippen LogP contribution is 2.25. The molecule has 7 nitrogen and oxygen atoms in total. The summed E-state index contributed by atoms with van der Waals surface area (Å²) >= 11 is 0. The highest BCUT2D eigenvalue weighted by molar-refractivity contribution is 5.95. The van der Waals surface area contributed by atoms with Gasteiger partial charge in [-0.05, 0) is 74.6 Å². The molecule has 1 aromatic heterocycles. The van der Waals surface area contributed by atoms with Gasteiger partial charge in [-0.15, -0.1) is 0 Å². The fourth-order valence-corrected chi connectivity index (χ4v) is 4.59. The van der Waals surface area contributed by atoms with E-state index in [0.717, 1.165) is 18.4 Å². The average molecular weight is 453 g/mol. The van der Waals surface area contributed by atoms with Crippen LogP contribution in [0.2, 0.25) is 0 Å². The summed E-state index contributed by atoms with van der Waals surface area (Å²) in [6, 6.07) is 9.21. The van der Waals surface area contributed by atoms with Crippen LogP contribution in [0.4, 0.5) is 10.2 Å². The van der Waals surface area contributed by atoms with Crippen LogP contribution in [0.25, 0.3) is 0 Å². The Labute approximate surface area is 193 Å². The van der Waals surface area contributed by atoms with Gasteiger partial charge in [0.1, 0.15) is 11.6 Å². The number of nitrogens with one attached hydrogen (secondary N) is 1. The van der Waals surface area contributed by atoms with Gasteiger partial charge in [0.05, 0.1) is 5.92 Å². The van der Waals surface area contributed by atoms with Crippen LogP contribution in [0, 0.1) is 24.6 Å². The van der Waals surface area contributed by atoms with Crippen molar-refractivity contribution in [1.29, 1.82) is 0 Å². The van der Waals surface area contributed by atoms with Crippen molar-refractivity contribution < 1.29 is 18.8 Å². The number of benzene rings is 1. The van der Waals surface area contributed by atoms with Crippen LogP contribution in [0.15, 0.2) is 42.6 Å². The zero-order valence-electron chi connectivity index (χ0n) is 18.8. The Morgan fingerprint density at radius 1 is 0.970 bits per heavy atom. The van der Waals surface area contributed by atoms with Gasteiger partial charge in [0.25, 0.3) is 5.91 Å². The number of pyridine rings is 1. The van der Waals surface area contributed by atoms with Crippen molar-refractivity contribution in [1.82, 2.24) is 14.8 Å². The number of hydrogen-bond donors (Lipinski definition) is 1. The van der Waals surface area contributed by atoms with E-state index < -0.39 is 0 Å². The molecule has 0 radical (unpaired) electrons. The van der Waals surface area contributed by atoms with Crippen molar-refractivity contribution in [3.8, 4) is 0 Å². The van der Waals surface area contributed by atoms with Crippen LogP contribution in [0.5, 0.6) is 0 Å². The Morgan fingerprint density at radius 2 is 1.70 bits per heavy atom. The van der Waals surface area contributed by atoms with Crippen molar-refractivity contribution in [2.24, 2.45) is 11.8 Å². The largest absolute Gasteiger partial charge is 0.342 e. The second-order valence-corrected chi connectivity index (χ2v) is 8.90. The van der Waals surface area contributed by atoms with Gasteiger partial charge in [0, 0.05) is 43.9 Å². The van der Waals surface area contributed by atoms with Crippen LogP contribution in [-0.4, -0.2) is 58.7 Å². The minimum Gasteiger partial charge on any atom is -0.342 e. The summed E-state index contributed by atoms with van der Waals surface area (Å²) in [4.78, 5) is 46.2. The monoisotopic (exact) mass is 452 g/mol. The van der Waals surface area contributed by atoms with Crippen LogP contribution < -0.4 is 5.32 Å². The fourth-order valence-electron chi connectivity index (χ4n) is 4.59. The van der Waals surface area contributed by atoms with E-state index in [4.69, 9.17) is 0 Å². The first-order valence-corrected chi connectivity index (χ1v) is 11.5. The average Bonchev–Trinajstić information content (AvgIpc) is 2.84. The summed E-state index contributed by atoms with van der Waals surface area (Å²) in [5, 5.41) is 2.88. The number of aromatic nitrogens is 1. The van der Waals surface area contributed by atoms with Crippen LogP contribution in [0.1, 0.15) is 41.6 Å². The standard InChI is InChI=1S/C25H29FN4O3/c1-17-8-11-27-22(15-17)28-23(31)18-9-13-29(14-10-18)25(33)20-3-2-12-30(16-20)24(32)19-4-6-21(26)7-5-19/h4-8,11,15,18,20H,2-3,9-10,12-14,16H2,1H3,(H,27,28,31). The van der Waals surface area contributed by atoms with E-state index in [0.29, 0.717) is 50.4 Å². The normalized spacial score (nSPS) is 19.3. The highest BCUT2D eigenvalue weighted by atomic mass is 19.1. The molecular weight excluding hydrogens is 423 g/mol. The molecule has 174 valence electrons. The molecule has 0 saturated carbocycles. The smallest absolute Gasteiger partial charge is 0.253 e. The molecule has 1 N–H and O–H groups in total. The van der Waals surface area contributed by atoms with E-state index in [1.54, 1.807) is 11.1 Å². The number of carbonyl (C=O) groups excluding carboxylic acids is 3. The molecule has 1 aromatic carbocycles. The lowest BCUT2D eigenvalue weighted by atomic mass is 9.92. The molecule has 2 aliphatic rings. The first kappa shape index (κ1) is 22.9. The molecule has 33 heavy (non-hydrogen) atoms. The lowest BCUT2D eigenvalue weighted by Crippen LogP contribution is -2.49. The van der Waals surface area contributed by atoms with Crippen molar-refractivity contribution in [2.75, 3.05) is 31.5 Å². The third kappa shape index (κ3) is 5.56. The SMILES string of the molecule is Cc1ccnc(NC(=O)C2CCN(C(=O)C3CCCN(C(=O)c4ccc(F)cc4)C3)CC2)c1. The quantitative estimate of drug-likeness (QED) is 0.772. The highest BCUT2D eigenvalue weighted by Gasteiger charge is 2.34. The Bertz CT molecular complexity index is 1020. The van der Waals surface area contributed by atoms with Gasteiger partial charge < -0.3 is 15.1 Å². The van der Waals surface area contributed by atoms with Gasteiger partial charge in [-0.2, -0.15) is 0 Å². The maximum atomic E-state index is 13.2. The van der Waals surface area contributed by atoms with E-state index in [1.807, 2.05) is 24.0 Å². The molecule has 0 aliphatic carbocycles. The first-order valence-electron chi connectivity index (χ1n) is 11.5. The summed E-state index contributed by atoms with van der Waals surface area (Å²) in [5.74, 6) is -0.422. The number of aryl methyl sites for hydroxylation is 1. The van der Waals surface area contributed by atoms with E-state index in [-0.39, 0.29) is 35.4 Å². The van der Waals surface area contributed by atoms with E-state index in [1.165, 1.54) is 24.3 Å². The van der Waals surface area contributed by atoms with Gasteiger partial charge in [0.15, 0.2) is 0 Å². The summed E-state index contributed by atoms with van der Waals surface area (Å²) in [6.07, 6.45) is 4.38. The number of anilines is 1. The van der Waals surface area contributed by atoms with Crippen LogP contribution in [-0.2, 0) is 9.59 Å². The predicted molar refractivity (Wildman–Crippen MR) is 122 cm³/mol. The van der Waals surface area contributed by atoms with Crippen molar-refractivity contribution in [3.63, 3.8) is 0 Å². The summed E-state index contributed by atoms with van der Waals surface area (Å²) in [6.45, 7) is 3.96. The van der Waals surface area contributed by atoms with Gasteiger partial charge in [-0.25, -0.2) is 9.37 Å². The topological polar surface area (TPSA) is 82.6 Å². The predicted octanol–water partition coefficient (Wildman–Crippen LogP) is 3.26. The molecule has 2 aromatic rings. The van der Waals surface area contributed by atoms with E-state index in [9.17, 15) is 18.8 Å². The second-order valence-electron chi connectivity index (χ2n) is 8.90. The Hall–Kier alpha value is -3.29.